The molecule has 1 saturated carbocycles. The molecule has 0 radical (unpaired) electrons. The van der Waals surface area contributed by atoms with Crippen LogP contribution >= 0.6 is 0 Å². The zero-order valence-corrected chi connectivity index (χ0v) is 16.1. The Kier molecular flexibility index (Phi) is 4.84. The first-order valence-electron chi connectivity index (χ1n) is 9.51. The van der Waals surface area contributed by atoms with E-state index in [9.17, 15) is 18.0 Å². The lowest BCUT2D eigenvalue weighted by Crippen LogP contribution is -2.35. The minimum Gasteiger partial charge on any atom is -0.469 e. The molecule has 1 aliphatic carbocycles. The number of amides is 1. The Hall–Kier alpha value is -2.84. The number of furan rings is 1. The molecular weight excluding hydrogens is 385 g/mol. The molecule has 1 unspecified atom stereocenters. The van der Waals surface area contributed by atoms with Gasteiger partial charge in [0.2, 0.25) is 0 Å². The second-order valence-electron chi connectivity index (χ2n) is 7.52. The predicted octanol–water partition coefficient (Wildman–Crippen LogP) is 4.31. The first kappa shape index (κ1) is 19.5. The van der Waals surface area contributed by atoms with Gasteiger partial charge in [0, 0.05) is 31.1 Å². The zero-order chi connectivity index (χ0) is 20.8. The molecule has 29 heavy (non-hydrogen) atoms. The van der Waals surface area contributed by atoms with Crippen LogP contribution in [0.4, 0.5) is 13.2 Å². The summed E-state index contributed by atoms with van der Waals surface area (Å²) in [6.45, 7) is 1.89. The summed E-state index contributed by atoms with van der Waals surface area (Å²) in [4.78, 5) is 18.9. The highest BCUT2D eigenvalue weighted by atomic mass is 19.4. The fraction of sp³-hybridized carbons (Fsp3) is 0.450. The van der Waals surface area contributed by atoms with Gasteiger partial charge in [-0.2, -0.15) is 18.3 Å². The highest BCUT2D eigenvalue weighted by molar-refractivity contribution is 5.99. The smallest absolute Gasteiger partial charge is 0.433 e. The third-order valence-corrected chi connectivity index (χ3v) is 5.38. The topological polar surface area (TPSA) is 63.6 Å². The summed E-state index contributed by atoms with van der Waals surface area (Å²) >= 11 is 0. The third-order valence-electron chi connectivity index (χ3n) is 5.38. The summed E-state index contributed by atoms with van der Waals surface area (Å²) in [5.74, 6) is 0.434. The van der Waals surface area contributed by atoms with Crippen molar-refractivity contribution in [2.45, 2.75) is 50.7 Å². The molecule has 0 aliphatic heterocycles. The summed E-state index contributed by atoms with van der Waals surface area (Å²) in [5.41, 5.74) is -0.507. The van der Waals surface area contributed by atoms with Crippen LogP contribution in [0.5, 0.6) is 0 Å². The Morgan fingerprint density at radius 1 is 1.41 bits per heavy atom. The standard InChI is InChI=1S/C20H21F3N4O2/c1-12(5-8-14-4-3-9-29-14)26(2)19(28)15-11-24-27-17(20(21,22)23)10-16(13-6-7-13)25-18(15)27/h3-4,9-13H,5-8H2,1-2H3. The lowest BCUT2D eigenvalue weighted by molar-refractivity contribution is -0.142. The molecule has 4 rings (SSSR count). The minimum absolute atomic E-state index is 0.0175. The van der Waals surface area contributed by atoms with Crippen molar-refractivity contribution in [3.05, 3.63) is 53.4 Å². The Morgan fingerprint density at radius 2 is 2.17 bits per heavy atom. The van der Waals surface area contributed by atoms with E-state index in [-0.39, 0.29) is 23.2 Å². The molecule has 1 amide bonds. The van der Waals surface area contributed by atoms with Gasteiger partial charge in [-0.15, -0.1) is 0 Å². The van der Waals surface area contributed by atoms with Gasteiger partial charge in [-0.1, -0.05) is 0 Å². The second kappa shape index (κ2) is 7.20. The van der Waals surface area contributed by atoms with E-state index < -0.39 is 17.8 Å². The van der Waals surface area contributed by atoms with E-state index in [0.29, 0.717) is 18.5 Å². The first-order valence-corrected chi connectivity index (χ1v) is 9.51. The van der Waals surface area contributed by atoms with Crippen LogP contribution in [0.2, 0.25) is 0 Å². The maximum atomic E-state index is 13.5. The zero-order valence-electron chi connectivity index (χ0n) is 16.1. The number of hydrogen-bond donors (Lipinski definition) is 0. The SMILES string of the molecule is CC(CCc1ccco1)N(C)C(=O)c1cnn2c(C(F)(F)F)cc(C3CC3)nc12. The van der Waals surface area contributed by atoms with Gasteiger partial charge in [0.25, 0.3) is 5.91 Å². The van der Waals surface area contributed by atoms with Crippen LogP contribution in [-0.2, 0) is 12.6 Å². The van der Waals surface area contributed by atoms with Crippen molar-refractivity contribution >= 4 is 11.6 Å². The van der Waals surface area contributed by atoms with Gasteiger partial charge in [0.05, 0.1) is 12.5 Å². The Morgan fingerprint density at radius 3 is 2.79 bits per heavy atom. The van der Waals surface area contributed by atoms with Gasteiger partial charge in [0.1, 0.15) is 17.0 Å². The lowest BCUT2D eigenvalue weighted by atomic mass is 10.1. The van der Waals surface area contributed by atoms with Gasteiger partial charge in [-0.25, -0.2) is 9.50 Å². The van der Waals surface area contributed by atoms with E-state index in [0.717, 1.165) is 29.2 Å². The van der Waals surface area contributed by atoms with Crippen molar-refractivity contribution in [1.29, 1.82) is 0 Å². The van der Waals surface area contributed by atoms with Crippen LogP contribution in [0.15, 0.2) is 35.1 Å². The number of rotatable bonds is 6. The quantitative estimate of drug-likeness (QED) is 0.612. The molecule has 6 nitrogen and oxygen atoms in total. The number of fused-ring (bicyclic) bond motifs is 1. The van der Waals surface area contributed by atoms with Crippen LogP contribution in [0.25, 0.3) is 5.65 Å². The number of aryl methyl sites for hydroxylation is 1. The maximum absolute atomic E-state index is 13.5. The van der Waals surface area contributed by atoms with Crippen molar-refractivity contribution in [2.75, 3.05) is 7.05 Å². The average molecular weight is 406 g/mol. The van der Waals surface area contributed by atoms with Crippen LogP contribution in [0.1, 0.15) is 59.6 Å². The molecule has 154 valence electrons. The van der Waals surface area contributed by atoms with E-state index in [1.54, 1.807) is 19.4 Å². The number of halogens is 3. The Labute approximate surface area is 165 Å². The van der Waals surface area contributed by atoms with Crippen LogP contribution in [0, 0.1) is 0 Å². The number of carbonyl (C=O) groups excluding carboxylic acids is 1. The summed E-state index contributed by atoms with van der Waals surface area (Å²) in [6.07, 6.45) is 1.11. The summed E-state index contributed by atoms with van der Waals surface area (Å²) < 4.78 is 46.6. The van der Waals surface area contributed by atoms with E-state index in [1.807, 2.05) is 13.0 Å². The Balaban J connectivity index is 1.62. The Bertz CT molecular complexity index is 1020. The third kappa shape index (κ3) is 3.86. The molecule has 9 heteroatoms. The molecule has 0 bridgehead atoms. The fourth-order valence-corrected chi connectivity index (χ4v) is 3.31. The monoisotopic (exact) mass is 406 g/mol. The van der Waals surface area contributed by atoms with Gasteiger partial charge in [0.15, 0.2) is 5.65 Å². The second-order valence-corrected chi connectivity index (χ2v) is 7.52. The van der Waals surface area contributed by atoms with E-state index in [4.69, 9.17) is 4.42 Å². The number of hydrogen-bond acceptors (Lipinski definition) is 4. The summed E-state index contributed by atoms with van der Waals surface area (Å²) in [6, 6.07) is 4.56. The summed E-state index contributed by atoms with van der Waals surface area (Å²) in [5, 5.41) is 3.83. The maximum Gasteiger partial charge on any atom is 0.433 e. The molecule has 0 spiro atoms. The number of nitrogens with zero attached hydrogens (tertiary/aromatic N) is 4. The highest BCUT2D eigenvalue weighted by Crippen LogP contribution is 2.41. The lowest BCUT2D eigenvalue weighted by Gasteiger charge is -2.24. The van der Waals surface area contributed by atoms with E-state index >= 15 is 0 Å². The normalized spacial score (nSPS) is 15.6. The van der Waals surface area contributed by atoms with Gasteiger partial charge in [-0.3, -0.25) is 4.79 Å². The van der Waals surface area contributed by atoms with Crippen molar-refractivity contribution in [1.82, 2.24) is 19.5 Å². The largest absolute Gasteiger partial charge is 0.469 e. The van der Waals surface area contributed by atoms with Crippen molar-refractivity contribution < 1.29 is 22.4 Å². The molecule has 3 aromatic rings. The average Bonchev–Trinajstić information content (AvgIpc) is 3.23. The molecule has 3 heterocycles. The fourth-order valence-electron chi connectivity index (χ4n) is 3.31. The molecule has 0 saturated heterocycles. The predicted molar refractivity (Wildman–Crippen MR) is 98.5 cm³/mol. The molecule has 3 aromatic heterocycles. The molecule has 0 aromatic carbocycles. The molecule has 1 atom stereocenters. The van der Waals surface area contributed by atoms with Crippen LogP contribution in [-0.4, -0.2) is 38.5 Å². The van der Waals surface area contributed by atoms with E-state index in [1.165, 1.54) is 11.1 Å². The highest BCUT2D eigenvalue weighted by Gasteiger charge is 2.38. The van der Waals surface area contributed by atoms with Gasteiger partial charge < -0.3 is 9.32 Å². The number of carbonyl (C=O) groups is 1. The van der Waals surface area contributed by atoms with Crippen LogP contribution in [0.3, 0.4) is 0 Å². The number of aromatic nitrogens is 3. The minimum atomic E-state index is -4.58. The van der Waals surface area contributed by atoms with Crippen LogP contribution < -0.4 is 0 Å². The molecule has 0 N–H and O–H groups in total. The van der Waals surface area contributed by atoms with Crippen molar-refractivity contribution in [3.63, 3.8) is 0 Å². The number of alkyl halides is 3. The summed E-state index contributed by atoms with van der Waals surface area (Å²) in [7, 11) is 1.63. The molecule has 1 aliphatic rings. The van der Waals surface area contributed by atoms with Gasteiger partial charge >= 0.3 is 6.18 Å². The van der Waals surface area contributed by atoms with Gasteiger partial charge in [-0.05, 0) is 44.4 Å². The molecule has 1 fully saturated rings. The van der Waals surface area contributed by atoms with E-state index in [2.05, 4.69) is 10.1 Å². The first-order chi connectivity index (χ1) is 13.8. The van der Waals surface area contributed by atoms with Crippen molar-refractivity contribution in [3.8, 4) is 0 Å². The van der Waals surface area contributed by atoms with Crippen molar-refractivity contribution in [2.24, 2.45) is 0 Å². The molecular formula is C20H21F3N4O2.